The van der Waals surface area contributed by atoms with E-state index in [-0.39, 0.29) is 0 Å². The van der Waals surface area contributed by atoms with Crippen molar-refractivity contribution >= 4 is 33.6 Å². The summed E-state index contributed by atoms with van der Waals surface area (Å²) in [5.41, 5.74) is 4.78. The average molecular weight is 357 g/mol. The zero-order valence-corrected chi connectivity index (χ0v) is 15.9. The fraction of sp³-hybridized carbons (Fsp3) is 0.167. The predicted octanol–water partition coefficient (Wildman–Crippen LogP) is 6.22. The highest BCUT2D eigenvalue weighted by Gasteiger charge is 2.12. The van der Waals surface area contributed by atoms with Gasteiger partial charge >= 0.3 is 0 Å². The second-order valence-electron chi connectivity index (χ2n) is 6.47. The highest BCUT2D eigenvalue weighted by Crippen LogP contribution is 2.34. The van der Waals surface area contributed by atoms with E-state index in [9.17, 15) is 0 Å². The molecule has 0 bridgehead atoms. The second kappa shape index (κ2) is 7.20. The third-order valence-electron chi connectivity index (χ3n) is 4.97. The number of allylic oxidation sites excluding steroid dienone is 1. The molecule has 0 aliphatic rings. The first kappa shape index (κ1) is 17.2. The van der Waals surface area contributed by atoms with Crippen molar-refractivity contribution in [1.82, 2.24) is 4.57 Å². The molecule has 0 radical (unpaired) electrons. The average Bonchev–Trinajstić information content (AvgIpc) is 3.06. The molecular weight excluding hydrogens is 334 g/mol. The quantitative estimate of drug-likeness (QED) is 0.423. The molecule has 0 unspecified atom stereocenters. The van der Waals surface area contributed by atoms with E-state index in [1.54, 1.807) is 14.2 Å². The molecule has 136 valence electrons. The smallest absolute Gasteiger partial charge is 0.161 e. The van der Waals surface area contributed by atoms with E-state index in [1.165, 1.54) is 27.5 Å². The minimum absolute atomic E-state index is 0.740. The highest BCUT2D eigenvalue weighted by molar-refractivity contribution is 6.10. The molecule has 0 amide bonds. The monoisotopic (exact) mass is 357 g/mol. The molecule has 4 rings (SSSR count). The van der Waals surface area contributed by atoms with Crippen LogP contribution in [0.5, 0.6) is 11.5 Å². The van der Waals surface area contributed by atoms with Crippen LogP contribution in [0.4, 0.5) is 0 Å². The van der Waals surface area contributed by atoms with Gasteiger partial charge in [0.15, 0.2) is 11.5 Å². The summed E-state index contributed by atoms with van der Waals surface area (Å²) in [5, 5.41) is 2.56. The lowest BCUT2D eigenvalue weighted by Crippen LogP contribution is -1.96. The maximum atomic E-state index is 5.46. The van der Waals surface area contributed by atoms with Gasteiger partial charge in [-0.2, -0.15) is 0 Å². The van der Waals surface area contributed by atoms with Crippen molar-refractivity contribution in [3.05, 3.63) is 72.3 Å². The molecule has 0 saturated heterocycles. The van der Waals surface area contributed by atoms with Gasteiger partial charge in [-0.15, -0.1) is 0 Å². The van der Waals surface area contributed by atoms with E-state index in [0.29, 0.717) is 0 Å². The number of rotatable bonds is 5. The molecule has 4 aromatic rings. The molecule has 0 atom stereocenters. The fourth-order valence-corrected chi connectivity index (χ4v) is 3.69. The van der Waals surface area contributed by atoms with Gasteiger partial charge in [0, 0.05) is 16.5 Å². The molecule has 3 heteroatoms. The van der Waals surface area contributed by atoms with Crippen molar-refractivity contribution in [3.63, 3.8) is 0 Å². The summed E-state index contributed by atoms with van der Waals surface area (Å²) in [6, 6.07) is 23.2. The maximum absolute atomic E-state index is 5.46. The molecule has 0 saturated carbocycles. The van der Waals surface area contributed by atoms with Gasteiger partial charge in [-0.3, -0.25) is 0 Å². The van der Waals surface area contributed by atoms with Crippen LogP contribution >= 0.6 is 0 Å². The first-order valence-corrected chi connectivity index (χ1v) is 9.18. The first-order valence-electron chi connectivity index (χ1n) is 9.18. The Morgan fingerprint density at radius 3 is 1.96 bits per heavy atom. The van der Waals surface area contributed by atoms with Crippen LogP contribution in [-0.2, 0) is 0 Å². The van der Waals surface area contributed by atoms with Crippen LogP contribution in [0.15, 0.2) is 66.7 Å². The third-order valence-corrected chi connectivity index (χ3v) is 4.97. The number of hydrogen-bond donors (Lipinski definition) is 0. The van der Waals surface area contributed by atoms with E-state index in [0.717, 1.165) is 23.5 Å². The van der Waals surface area contributed by atoms with Gasteiger partial charge < -0.3 is 14.0 Å². The zero-order valence-electron chi connectivity index (χ0n) is 15.9. The standard InChI is InChI=1S/C24H23NO2/c1-4-18(15-17-13-14-23(26-2)24(16-17)27-3)25-21-11-7-5-9-19(21)20-10-6-8-12-22(20)25/h5-16H,4H2,1-3H3. The lowest BCUT2D eigenvalue weighted by molar-refractivity contribution is 0.355. The lowest BCUT2D eigenvalue weighted by Gasteiger charge is -2.12. The molecule has 0 aliphatic heterocycles. The second-order valence-corrected chi connectivity index (χ2v) is 6.47. The van der Waals surface area contributed by atoms with Gasteiger partial charge in [-0.25, -0.2) is 0 Å². The van der Waals surface area contributed by atoms with E-state index in [1.807, 2.05) is 12.1 Å². The van der Waals surface area contributed by atoms with Crippen molar-refractivity contribution in [1.29, 1.82) is 0 Å². The van der Waals surface area contributed by atoms with E-state index in [4.69, 9.17) is 9.47 Å². The Kier molecular flexibility index (Phi) is 4.59. The Morgan fingerprint density at radius 1 is 0.815 bits per heavy atom. The number of fused-ring (bicyclic) bond motifs is 3. The molecule has 0 fully saturated rings. The SMILES string of the molecule is CCC(=Cc1ccc(OC)c(OC)c1)n1c2ccccc2c2ccccc21. The summed E-state index contributed by atoms with van der Waals surface area (Å²) in [4.78, 5) is 0. The molecule has 0 N–H and O–H groups in total. The summed E-state index contributed by atoms with van der Waals surface area (Å²) >= 11 is 0. The molecule has 27 heavy (non-hydrogen) atoms. The summed E-state index contributed by atoms with van der Waals surface area (Å²) < 4.78 is 13.2. The van der Waals surface area contributed by atoms with E-state index < -0.39 is 0 Å². The maximum Gasteiger partial charge on any atom is 0.161 e. The Bertz CT molecular complexity index is 1080. The van der Waals surface area contributed by atoms with Crippen LogP contribution in [0.3, 0.4) is 0 Å². The van der Waals surface area contributed by atoms with Crippen molar-refractivity contribution in [2.75, 3.05) is 14.2 Å². The Labute approximate surface area is 159 Å². The van der Waals surface area contributed by atoms with Crippen LogP contribution in [0, 0.1) is 0 Å². The minimum Gasteiger partial charge on any atom is -0.493 e. The van der Waals surface area contributed by atoms with Crippen molar-refractivity contribution in [3.8, 4) is 11.5 Å². The van der Waals surface area contributed by atoms with Gasteiger partial charge in [0.2, 0.25) is 0 Å². The zero-order chi connectivity index (χ0) is 18.8. The summed E-state index contributed by atoms with van der Waals surface area (Å²) in [6.45, 7) is 2.19. The summed E-state index contributed by atoms with van der Waals surface area (Å²) in [6.07, 6.45) is 3.14. The summed E-state index contributed by atoms with van der Waals surface area (Å²) in [5.74, 6) is 1.48. The number of benzene rings is 3. The van der Waals surface area contributed by atoms with Crippen molar-refractivity contribution < 1.29 is 9.47 Å². The van der Waals surface area contributed by atoms with Crippen LogP contribution < -0.4 is 9.47 Å². The summed E-state index contributed by atoms with van der Waals surface area (Å²) in [7, 11) is 3.32. The lowest BCUT2D eigenvalue weighted by atomic mass is 10.1. The number of ether oxygens (including phenoxy) is 2. The van der Waals surface area contributed by atoms with Gasteiger partial charge in [0.1, 0.15) is 0 Å². The van der Waals surface area contributed by atoms with Gasteiger partial charge in [-0.1, -0.05) is 49.4 Å². The van der Waals surface area contributed by atoms with Gasteiger partial charge in [-0.05, 0) is 42.3 Å². The molecule has 3 nitrogen and oxygen atoms in total. The molecule has 0 aliphatic carbocycles. The Hall–Kier alpha value is -3.20. The predicted molar refractivity (Wildman–Crippen MR) is 113 cm³/mol. The topological polar surface area (TPSA) is 23.4 Å². The molecular formula is C24H23NO2. The normalized spacial score (nSPS) is 11.9. The number of nitrogens with zero attached hydrogens (tertiary/aromatic N) is 1. The van der Waals surface area contributed by atoms with Crippen molar-refractivity contribution in [2.24, 2.45) is 0 Å². The van der Waals surface area contributed by atoms with Crippen LogP contribution in [0.2, 0.25) is 0 Å². The molecule has 0 spiro atoms. The first-order chi connectivity index (χ1) is 13.3. The largest absolute Gasteiger partial charge is 0.493 e. The minimum atomic E-state index is 0.740. The van der Waals surface area contributed by atoms with E-state index >= 15 is 0 Å². The number of para-hydroxylation sites is 2. The van der Waals surface area contributed by atoms with Crippen LogP contribution in [-0.4, -0.2) is 18.8 Å². The van der Waals surface area contributed by atoms with Crippen LogP contribution in [0.25, 0.3) is 33.6 Å². The van der Waals surface area contributed by atoms with Crippen molar-refractivity contribution in [2.45, 2.75) is 13.3 Å². The number of hydrogen-bond acceptors (Lipinski definition) is 2. The number of methoxy groups -OCH3 is 2. The Morgan fingerprint density at radius 2 is 1.41 bits per heavy atom. The third kappa shape index (κ3) is 2.95. The van der Waals surface area contributed by atoms with E-state index in [2.05, 4.69) is 72.2 Å². The van der Waals surface area contributed by atoms with Gasteiger partial charge in [0.25, 0.3) is 0 Å². The number of aromatic nitrogens is 1. The Balaban J connectivity index is 1.94. The molecule has 3 aromatic carbocycles. The van der Waals surface area contributed by atoms with Gasteiger partial charge in [0.05, 0.1) is 25.3 Å². The highest BCUT2D eigenvalue weighted by atomic mass is 16.5. The molecule has 1 heterocycles. The molecule has 1 aromatic heterocycles. The van der Waals surface area contributed by atoms with Crippen LogP contribution in [0.1, 0.15) is 18.9 Å². The fourth-order valence-electron chi connectivity index (χ4n) is 3.69.